The van der Waals surface area contributed by atoms with E-state index in [1.165, 1.54) is 12.4 Å². The maximum absolute atomic E-state index is 13.6. The summed E-state index contributed by atoms with van der Waals surface area (Å²) in [6, 6.07) is 2.30. The lowest BCUT2D eigenvalue weighted by atomic mass is 10.1. The van der Waals surface area contributed by atoms with Crippen LogP contribution in [0.25, 0.3) is 21.7 Å². The first-order chi connectivity index (χ1) is 21.9. The second kappa shape index (κ2) is 13.0. The number of aromatic nitrogens is 6. The quantitative estimate of drug-likeness (QED) is 0.145. The van der Waals surface area contributed by atoms with Crippen LogP contribution in [-0.2, 0) is 27.9 Å². The van der Waals surface area contributed by atoms with Crippen molar-refractivity contribution in [1.29, 1.82) is 0 Å². The van der Waals surface area contributed by atoms with E-state index in [-0.39, 0.29) is 29.6 Å². The van der Waals surface area contributed by atoms with E-state index >= 15 is 0 Å². The van der Waals surface area contributed by atoms with E-state index in [1.54, 1.807) is 27.9 Å². The van der Waals surface area contributed by atoms with Crippen molar-refractivity contribution in [1.82, 2.24) is 34.4 Å². The topological polar surface area (TPSA) is 145 Å². The highest BCUT2D eigenvalue weighted by Gasteiger charge is 2.37. The number of sulfonamides is 1. The van der Waals surface area contributed by atoms with Crippen molar-refractivity contribution in [3.8, 4) is 10.6 Å². The number of amides is 1. The maximum Gasteiger partial charge on any atom is 0.283 e. The van der Waals surface area contributed by atoms with E-state index in [9.17, 15) is 22.0 Å². The smallest absolute Gasteiger partial charge is 0.283 e. The van der Waals surface area contributed by atoms with E-state index in [4.69, 9.17) is 4.74 Å². The SMILES string of the molecule is C[Si](C)(C)CCOCn1cc(CC(F)F)c2nc(-c3cnc(C(=O)N4CCCC4c4ccnc(NS(=O)(=O)C5CC5)n4)s3)cnc21. The van der Waals surface area contributed by atoms with Gasteiger partial charge in [0.2, 0.25) is 22.4 Å². The number of thiazole rings is 1. The molecule has 1 unspecified atom stereocenters. The second-order valence-corrected chi connectivity index (χ2v) is 21.4. The first-order valence-corrected chi connectivity index (χ1v) is 21.3. The minimum absolute atomic E-state index is 0.00706. The van der Waals surface area contributed by atoms with Crippen molar-refractivity contribution in [2.24, 2.45) is 0 Å². The van der Waals surface area contributed by atoms with Gasteiger partial charge in [-0.3, -0.25) is 9.52 Å². The summed E-state index contributed by atoms with van der Waals surface area (Å²) in [7, 11) is -4.81. The summed E-state index contributed by atoms with van der Waals surface area (Å²) in [4.78, 5) is 38.0. The van der Waals surface area contributed by atoms with Gasteiger partial charge in [0.05, 0.1) is 28.1 Å². The number of carbonyl (C=O) groups excluding carboxylic acids is 1. The normalized spacial score (nSPS) is 17.3. The number of rotatable bonds is 13. The molecule has 0 aromatic carbocycles. The molecule has 1 amide bonds. The molecule has 246 valence electrons. The van der Waals surface area contributed by atoms with Crippen molar-refractivity contribution in [2.75, 3.05) is 17.9 Å². The van der Waals surface area contributed by atoms with Gasteiger partial charge in [0.15, 0.2) is 10.7 Å². The number of hydrogen-bond donors (Lipinski definition) is 1. The number of carbonyl (C=O) groups is 1. The minimum atomic E-state index is -3.53. The van der Waals surface area contributed by atoms with Gasteiger partial charge in [-0.05, 0) is 37.8 Å². The number of likely N-dealkylation sites (tertiary alicyclic amines) is 1. The van der Waals surface area contributed by atoms with Gasteiger partial charge in [-0.2, -0.15) is 0 Å². The first kappa shape index (κ1) is 32.5. The number of nitrogens with zero attached hydrogens (tertiary/aromatic N) is 7. The van der Waals surface area contributed by atoms with Crippen LogP contribution < -0.4 is 4.72 Å². The van der Waals surface area contributed by atoms with Gasteiger partial charge in [-0.1, -0.05) is 19.6 Å². The largest absolute Gasteiger partial charge is 0.361 e. The number of hydrogen-bond acceptors (Lipinski definition) is 10. The van der Waals surface area contributed by atoms with Gasteiger partial charge in [-0.25, -0.2) is 42.1 Å². The number of nitrogens with one attached hydrogen (secondary N) is 1. The lowest BCUT2D eigenvalue weighted by Crippen LogP contribution is -2.31. The molecule has 0 radical (unpaired) electrons. The summed E-state index contributed by atoms with van der Waals surface area (Å²) < 4.78 is 61.7. The van der Waals surface area contributed by atoms with Crippen LogP contribution in [-0.4, -0.2) is 81.6 Å². The van der Waals surface area contributed by atoms with Crippen LogP contribution in [0, 0.1) is 0 Å². The molecule has 46 heavy (non-hydrogen) atoms. The van der Waals surface area contributed by atoms with Crippen molar-refractivity contribution >= 4 is 52.5 Å². The maximum atomic E-state index is 13.6. The average Bonchev–Trinajstić information content (AvgIpc) is 3.41. The fraction of sp³-hybridized carbons (Fsp3) is 0.517. The van der Waals surface area contributed by atoms with Crippen LogP contribution in [0.4, 0.5) is 14.7 Å². The van der Waals surface area contributed by atoms with Crippen LogP contribution in [0.3, 0.4) is 0 Å². The Morgan fingerprint density at radius 1 is 1.15 bits per heavy atom. The average molecular weight is 691 g/mol. The molecule has 4 aromatic rings. The highest BCUT2D eigenvalue weighted by atomic mass is 32.2. The molecule has 1 N–H and O–H groups in total. The molecule has 5 heterocycles. The van der Waals surface area contributed by atoms with Crippen LogP contribution in [0.5, 0.6) is 0 Å². The summed E-state index contributed by atoms with van der Waals surface area (Å²) in [5.41, 5.74) is 2.17. The predicted octanol–water partition coefficient (Wildman–Crippen LogP) is 5.35. The molecular weight excluding hydrogens is 655 g/mol. The van der Waals surface area contributed by atoms with E-state index < -0.39 is 36.2 Å². The number of alkyl halides is 2. The van der Waals surface area contributed by atoms with Crippen LogP contribution in [0.15, 0.2) is 30.9 Å². The Balaban J connectivity index is 1.20. The summed E-state index contributed by atoms with van der Waals surface area (Å²) in [6.07, 6.45) is 5.82. The van der Waals surface area contributed by atoms with E-state index in [0.717, 1.165) is 23.8 Å². The Hall–Kier alpha value is -3.41. The van der Waals surface area contributed by atoms with Gasteiger partial charge in [0.1, 0.15) is 17.9 Å². The second-order valence-electron chi connectivity index (χ2n) is 12.8. The number of halogens is 2. The summed E-state index contributed by atoms with van der Waals surface area (Å²) in [6.45, 7) is 8.04. The molecule has 0 spiro atoms. The molecule has 2 fully saturated rings. The lowest BCUT2D eigenvalue weighted by Gasteiger charge is -2.23. The number of ether oxygens (including phenoxy) is 1. The van der Waals surface area contributed by atoms with Gasteiger partial charge in [-0.15, -0.1) is 11.3 Å². The highest BCUT2D eigenvalue weighted by molar-refractivity contribution is 7.93. The molecule has 4 aromatic heterocycles. The minimum Gasteiger partial charge on any atom is -0.361 e. The lowest BCUT2D eigenvalue weighted by molar-refractivity contribution is 0.0732. The molecule has 12 nitrogen and oxygen atoms in total. The molecule has 1 saturated heterocycles. The number of fused-ring (bicyclic) bond motifs is 1. The molecule has 1 saturated carbocycles. The summed E-state index contributed by atoms with van der Waals surface area (Å²) in [5, 5.41) is -0.169. The molecule has 0 bridgehead atoms. The Kier molecular flexibility index (Phi) is 9.19. The zero-order valence-corrected chi connectivity index (χ0v) is 28.5. The summed E-state index contributed by atoms with van der Waals surface area (Å²) in [5.74, 6) is -0.293. The van der Waals surface area contributed by atoms with Crippen molar-refractivity contribution in [3.05, 3.63) is 47.1 Å². The van der Waals surface area contributed by atoms with E-state index in [1.807, 2.05) is 0 Å². The van der Waals surface area contributed by atoms with Crippen LogP contribution >= 0.6 is 11.3 Å². The monoisotopic (exact) mass is 690 g/mol. The van der Waals surface area contributed by atoms with Crippen molar-refractivity contribution in [2.45, 2.75) is 82.2 Å². The van der Waals surface area contributed by atoms with E-state index in [0.29, 0.717) is 65.4 Å². The van der Waals surface area contributed by atoms with Crippen LogP contribution in [0.1, 0.15) is 52.8 Å². The fourth-order valence-corrected chi connectivity index (χ4v) is 8.18. The predicted molar refractivity (Wildman–Crippen MR) is 173 cm³/mol. The van der Waals surface area contributed by atoms with Gasteiger partial charge in [0.25, 0.3) is 5.91 Å². The molecule has 2 aliphatic rings. The highest BCUT2D eigenvalue weighted by Crippen LogP contribution is 2.35. The standard InChI is InChI=1S/C29H36F2N8O4S2Si/c1-46(2,3)12-11-43-17-38-16-18(13-24(30)31)25-26(38)33-14-21(35-25)23-15-34-27(44-23)28(40)39-10-4-5-22(39)20-8-9-32-29(36-20)37-45(41,42)19-6-7-19/h8-9,14-16,19,22,24H,4-7,10-13,17H2,1-3H3,(H,32,36,37). The zero-order chi connectivity index (χ0) is 32.6. The molecule has 6 rings (SSSR count). The summed E-state index contributed by atoms with van der Waals surface area (Å²) >= 11 is 1.15. The number of anilines is 1. The Morgan fingerprint density at radius 2 is 1.96 bits per heavy atom. The third-order valence-electron chi connectivity index (χ3n) is 7.91. The molecule has 1 aliphatic heterocycles. The van der Waals surface area contributed by atoms with Gasteiger partial charge >= 0.3 is 0 Å². The molecule has 1 atom stereocenters. The zero-order valence-electron chi connectivity index (χ0n) is 25.8. The molecular formula is C29H36F2N8O4S2Si. The van der Waals surface area contributed by atoms with Gasteiger partial charge in [0, 0.05) is 51.8 Å². The fourth-order valence-electron chi connectivity index (χ4n) is 5.32. The van der Waals surface area contributed by atoms with E-state index in [2.05, 4.69) is 49.3 Å². The third kappa shape index (κ3) is 7.42. The van der Waals surface area contributed by atoms with Crippen molar-refractivity contribution < 1.29 is 26.7 Å². The molecule has 17 heteroatoms. The van der Waals surface area contributed by atoms with Crippen LogP contribution in [0.2, 0.25) is 25.7 Å². The first-order valence-electron chi connectivity index (χ1n) is 15.2. The van der Waals surface area contributed by atoms with Crippen molar-refractivity contribution in [3.63, 3.8) is 0 Å². The Bertz CT molecular complexity index is 1840. The van der Waals surface area contributed by atoms with Gasteiger partial charge < -0.3 is 14.2 Å². The Labute approximate surface area is 270 Å². The Morgan fingerprint density at radius 3 is 2.70 bits per heavy atom. The third-order valence-corrected chi connectivity index (χ3v) is 12.4. The molecule has 1 aliphatic carbocycles.